The number of para-hydroxylation sites is 2. The molecular weight excluding hydrogens is 346 g/mol. The van der Waals surface area contributed by atoms with Crippen molar-refractivity contribution in [2.45, 2.75) is 18.7 Å². The van der Waals surface area contributed by atoms with Gasteiger partial charge < -0.3 is 15.0 Å². The van der Waals surface area contributed by atoms with Gasteiger partial charge in [0, 0.05) is 25.3 Å². The van der Waals surface area contributed by atoms with E-state index in [4.69, 9.17) is 17.0 Å². The van der Waals surface area contributed by atoms with Crippen molar-refractivity contribution in [1.82, 2.24) is 10.2 Å². The van der Waals surface area contributed by atoms with Crippen LogP contribution in [0, 0.1) is 5.92 Å². The van der Waals surface area contributed by atoms with E-state index in [1.807, 2.05) is 66.4 Å². The predicted octanol–water partition coefficient (Wildman–Crippen LogP) is 2.94. The first-order valence-electron chi connectivity index (χ1n) is 8.58. The monoisotopic (exact) mass is 367 g/mol. The molecule has 2 heterocycles. The minimum atomic E-state index is -0.927. The van der Waals surface area contributed by atoms with Crippen molar-refractivity contribution >= 4 is 28.9 Å². The molecule has 1 saturated heterocycles. The van der Waals surface area contributed by atoms with Gasteiger partial charge in [0.25, 0.3) is 0 Å². The lowest BCUT2D eigenvalue weighted by Gasteiger charge is -2.56. The first-order valence-corrected chi connectivity index (χ1v) is 8.99. The minimum Gasteiger partial charge on any atom is -0.467 e. The predicted molar refractivity (Wildman–Crippen MR) is 105 cm³/mol. The van der Waals surface area contributed by atoms with Crippen molar-refractivity contribution in [1.29, 1.82) is 0 Å². The molecule has 1 N–H and O–H groups in total. The van der Waals surface area contributed by atoms with Crippen LogP contribution in [0.25, 0.3) is 0 Å². The van der Waals surface area contributed by atoms with E-state index < -0.39 is 11.6 Å². The quantitative estimate of drug-likeness (QED) is 0.827. The van der Waals surface area contributed by atoms with Crippen LogP contribution >= 0.6 is 12.2 Å². The Morgan fingerprint density at radius 1 is 1.15 bits per heavy atom. The highest BCUT2D eigenvalue weighted by molar-refractivity contribution is 7.80. The van der Waals surface area contributed by atoms with E-state index in [-0.39, 0.29) is 11.9 Å². The van der Waals surface area contributed by atoms with Crippen LogP contribution in [-0.2, 0) is 4.79 Å². The van der Waals surface area contributed by atoms with E-state index in [2.05, 4.69) is 5.32 Å². The van der Waals surface area contributed by atoms with Crippen molar-refractivity contribution in [3.05, 3.63) is 60.2 Å². The fourth-order valence-electron chi connectivity index (χ4n) is 3.95. The number of nitrogens with zero attached hydrogens (tertiary/aromatic N) is 2. The Morgan fingerprint density at radius 2 is 1.81 bits per heavy atom. The average molecular weight is 367 g/mol. The molecular formula is C20H21N3O2S. The number of hydrogen-bond acceptors (Lipinski definition) is 3. The molecule has 0 radical (unpaired) electrons. The van der Waals surface area contributed by atoms with Crippen LogP contribution in [0.3, 0.4) is 0 Å². The lowest BCUT2D eigenvalue weighted by Crippen LogP contribution is -2.72. The van der Waals surface area contributed by atoms with Gasteiger partial charge in [-0.25, -0.2) is 0 Å². The second kappa shape index (κ2) is 5.99. The topological polar surface area (TPSA) is 44.8 Å². The zero-order valence-electron chi connectivity index (χ0n) is 15.0. The number of hydrogen-bond donors (Lipinski definition) is 1. The molecule has 0 spiro atoms. The summed E-state index contributed by atoms with van der Waals surface area (Å²) in [6.07, 6.45) is 0. The van der Waals surface area contributed by atoms with Crippen LogP contribution in [0.5, 0.6) is 5.75 Å². The largest absolute Gasteiger partial charge is 0.467 e. The number of carbonyl (C=O) groups excluding carboxylic acids is 1. The minimum absolute atomic E-state index is 0.00272. The second-order valence-corrected chi connectivity index (χ2v) is 7.39. The maximum absolute atomic E-state index is 13.1. The molecule has 1 amide bonds. The SMILES string of the molecule is CN(C)C(=O)[C@H]1[C@H]2NC(=S)N(c3ccccc3)[C@@]1(C)Oc1ccccc12. The fraction of sp³-hybridized carbons (Fsp3) is 0.300. The summed E-state index contributed by atoms with van der Waals surface area (Å²) in [5.74, 6) is 0.334. The molecule has 3 atom stereocenters. The average Bonchev–Trinajstić information content (AvgIpc) is 2.61. The molecule has 134 valence electrons. The van der Waals surface area contributed by atoms with Crippen molar-refractivity contribution in [3.8, 4) is 5.75 Å². The molecule has 6 heteroatoms. The highest BCUT2D eigenvalue weighted by Gasteiger charge is 2.59. The summed E-state index contributed by atoms with van der Waals surface area (Å²) < 4.78 is 6.46. The molecule has 2 aliphatic rings. The second-order valence-electron chi connectivity index (χ2n) is 7.00. The molecule has 2 bridgehead atoms. The van der Waals surface area contributed by atoms with Crippen LogP contribution in [0.2, 0.25) is 0 Å². The summed E-state index contributed by atoms with van der Waals surface area (Å²) in [5, 5.41) is 3.95. The molecule has 0 aliphatic carbocycles. The molecule has 4 rings (SSSR count). The fourth-order valence-corrected chi connectivity index (χ4v) is 4.36. The first-order chi connectivity index (χ1) is 12.4. The maximum atomic E-state index is 13.1. The number of carbonyl (C=O) groups is 1. The van der Waals surface area contributed by atoms with Crippen molar-refractivity contribution in [2.24, 2.45) is 5.92 Å². The lowest BCUT2D eigenvalue weighted by atomic mass is 9.78. The molecule has 1 fully saturated rings. The van der Waals surface area contributed by atoms with Gasteiger partial charge in [-0.1, -0.05) is 36.4 Å². The molecule has 2 aromatic rings. The van der Waals surface area contributed by atoms with Gasteiger partial charge in [-0.2, -0.15) is 0 Å². The molecule has 26 heavy (non-hydrogen) atoms. The Bertz CT molecular complexity index is 870. The summed E-state index contributed by atoms with van der Waals surface area (Å²) in [5.41, 5.74) is 0.923. The third-order valence-electron chi connectivity index (χ3n) is 5.13. The molecule has 2 aromatic carbocycles. The van der Waals surface area contributed by atoms with Crippen molar-refractivity contribution < 1.29 is 9.53 Å². The Morgan fingerprint density at radius 3 is 2.50 bits per heavy atom. The third-order valence-corrected chi connectivity index (χ3v) is 5.43. The summed E-state index contributed by atoms with van der Waals surface area (Å²) in [6.45, 7) is 1.95. The van der Waals surface area contributed by atoms with Gasteiger partial charge in [0.1, 0.15) is 11.7 Å². The lowest BCUT2D eigenvalue weighted by molar-refractivity contribution is -0.144. The van der Waals surface area contributed by atoms with Crippen LogP contribution in [0.1, 0.15) is 18.5 Å². The highest BCUT2D eigenvalue weighted by atomic mass is 32.1. The Labute approximate surface area is 158 Å². The van der Waals surface area contributed by atoms with Crippen LogP contribution < -0.4 is 15.0 Å². The Hall–Kier alpha value is -2.60. The number of ether oxygens (including phenoxy) is 1. The Kier molecular flexibility index (Phi) is 3.88. The van der Waals surface area contributed by atoms with Gasteiger partial charge in [0.05, 0.1) is 6.04 Å². The summed E-state index contributed by atoms with van der Waals surface area (Å²) in [4.78, 5) is 16.7. The van der Waals surface area contributed by atoms with E-state index in [9.17, 15) is 4.79 Å². The Balaban J connectivity index is 1.92. The van der Waals surface area contributed by atoms with E-state index in [1.54, 1.807) is 19.0 Å². The molecule has 0 saturated carbocycles. The normalized spacial score (nSPS) is 26.4. The first kappa shape index (κ1) is 16.8. The summed E-state index contributed by atoms with van der Waals surface area (Å²) in [7, 11) is 3.54. The van der Waals surface area contributed by atoms with Gasteiger partial charge in [0.2, 0.25) is 5.91 Å². The smallest absolute Gasteiger partial charge is 0.233 e. The number of thiocarbonyl (C=S) groups is 1. The van der Waals surface area contributed by atoms with E-state index in [1.165, 1.54) is 0 Å². The number of amides is 1. The molecule has 5 nitrogen and oxygen atoms in total. The summed E-state index contributed by atoms with van der Waals surface area (Å²) >= 11 is 5.68. The van der Waals surface area contributed by atoms with Crippen molar-refractivity contribution in [3.63, 3.8) is 0 Å². The van der Waals surface area contributed by atoms with Crippen molar-refractivity contribution in [2.75, 3.05) is 19.0 Å². The third kappa shape index (κ3) is 2.36. The zero-order chi connectivity index (χ0) is 18.5. The highest BCUT2D eigenvalue weighted by Crippen LogP contribution is 2.49. The van der Waals surface area contributed by atoms with Gasteiger partial charge in [-0.05, 0) is 37.3 Å². The number of anilines is 1. The standard InChI is InChI=1S/C20H21N3O2S/c1-20-16(18(24)22(2)3)17(14-11-7-8-12-15(14)25-20)21-19(26)23(20)13-9-5-4-6-10-13/h4-12,16-17H,1-3H3,(H,21,26)/t16-,17+,20+/m1/s1. The van der Waals surface area contributed by atoms with E-state index in [0.29, 0.717) is 5.11 Å². The van der Waals surface area contributed by atoms with Crippen LogP contribution in [0.15, 0.2) is 54.6 Å². The number of fused-ring (bicyclic) bond motifs is 4. The van der Waals surface area contributed by atoms with Crippen LogP contribution in [0.4, 0.5) is 5.69 Å². The maximum Gasteiger partial charge on any atom is 0.233 e. The van der Waals surface area contributed by atoms with E-state index in [0.717, 1.165) is 17.0 Å². The van der Waals surface area contributed by atoms with Gasteiger partial charge in [-0.3, -0.25) is 9.69 Å². The van der Waals surface area contributed by atoms with E-state index >= 15 is 0 Å². The molecule has 0 unspecified atom stereocenters. The number of benzene rings is 2. The van der Waals surface area contributed by atoms with Gasteiger partial charge in [0.15, 0.2) is 10.8 Å². The number of nitrogens with one attached hydrogen (secondary N) is 1. The zero-order valence-corrected chi connectivity index (χ0v) is 15.8. The number of rotatable bonds is 2. The summed E-state index contributed by atoms with van der Waals surface area (Å²) in [6, 6.07) is 17.4. The molecule has 0 aromatic heterocycles. The molecule has 2 aliphatic heterocycles. The van der Waals surface area contributed by atoms with Crippen LogP contribution in [-0.4, -0.2) is 35.7 Å². The van der Waals surface area contributed by atoms with Gasteiger partial charge in [-0.15, -0.1) is 0 Å². The van der Waals surface area contributed by atoms with Gasteiger partial charge >= 0.3 is 0 Å².